The van der Waals surface area contributed by atoms with Crippen molar-refractivity contribution in [3.05, 3.63) is 18.0 Å². The third kappa shape index (κ3) is 4.34. The molecule has 0 aromatic carbocycles. The van der Waals surface area contributed by atoms with Gasteiger partial charge in [-0.2, -0.15) is 5.10 Å². The van der Waals surface area contributed by atoms with Crippen LogP contribution in [0.2, 0.25) is 0 Å². The summed E-state index contributed by atoms with van der Waals surface area (Å²) in [6, 6.07) is 2.10. The smallest absolute Gasteiger partial charge is 0.0492 e. The number of hydrogen-bond acceptors (Lipinski definition) is 2. The van der Waals surface area contributed by atoms with Crippen LogP contribution in [0, 0.1) is 0 Å². The molecule has 0 unspecified atom stereocenters. The summed E-state index contributed by atoms with van der Waals surface area (Å²) in [5.41, 5.74) is 1.31. The van der Waals surface area contributed by atoms with E-state index in [1.165, 1.54) is 18.7 Å². The fourth-order valence-electron chi connectivity index (χ4n) is 1.63. The predicted molar refractivity (Wildman–Crippen MR) is 67.4 cm³/mol. The van der Waals surface area contributed by atoms with Gasteiger partial charge in [0.25, 0.3) is 0 Å². The van der Waals surface area contributed by atoms with E-state index in [1.54, 1.807) is 0 Å². The van der Waals surface area contributed by atoms with Crippen molar-refractivity contribution >= 4 is 15.9 Å². The molecule has 0 amide bonds. The van der Waals surface area contributed by atoms with Crippen LogP contribution in [0.15, 0.2) is 12.3 Å². The molecule has 0 aliphatic rings. The van der Waals surface area contributed by atoms with E-state index in [-0.39, 0.29) is 0 Å². The molecule has 0 saturated heterocycles. The van der Waals surface area contributed by atoms with Crippen molar-refractivity contribution in [1.29, 1.82) is 0 Å². The van der Waals surface area contributed by atoms with Crippen molar-refractivity contribution in [2.75, 3.05) is 25.0 Å². The van der Waals surface area contributed by atoms with Gasteiger partial charge in [-0.05, 0) is 25.6 Å². The fourth-order valence-corrected chi connectivity index (χ4v) is 1.88. The Hall–Kier alpha value is -0.350. The zero-order chi connectivity index (χ0) is 11.1. The Morgan fingerprint density at radius 3 is 2.80 bits per heavy atom. The van der Waals surface area contributed by atoms with E-state index in [0.717, 1.165) is 24.8 Å². The summed E-state index contributed by atoms with van der Waals surface area (Å²) < 4.78 is 1.96. The molecule has 1 heterocycles. The van der Waals surface area contributed by atoms with Gasteiger partial charge in [0.05, 0.1) is 0 Å². The monoisotopic (exact) mass is 273 g/mol. The van der Waals surface area contributed by atoms with Crippen LogP contribution in [0.5, 0.6) is 0 Å². The number of rotatable bonds is 7. The predicted octanol–water partition coefficient (Wildman–Crippen LogP) is 2.07. The Kier molecular flexibility index (Phi) is 5.95. The van der Waals surface area contributed by atoms with Gasteiger partial charge in [-0.3, -0.25) is 4.68 Å². The number of nitrogens with zero attached hydrogens (tertiary/aromatic N) is 3. The van der Waals surface area contributed by atoms with Gasteiger partial charge in [0.2, 0.25) is 0 Å². The summed E-state index contributed by atoms with van der Waals surface area (Å²) in [4.78, 5) is 2.48. The molecule has 0 bridgehead atoms. The second-order valence-corrected chi connectivity index (χ2v) is 4.47. The topological polar surface area (TPSA) is 21.1 Å². The van der Waals surface area contributed by atoms with E-state index >= 15 is 0 Å². The van der Waals surface area contributed by atoms with E-state index in [1.807, 2.05) is 17.9 Å². The highest BCUT2D eigenvalue weighted by Gasteiger charge is 2.04. The number of aryl methyl sites for hydroxylation is 1. The van der Waals surface area contributed by atoms with E-state index in [4.69, 9.17) is 0 Å². The van der Waals surface area contributed by atoms with Gasteiger partial charge in [0.1, 0.15) is 0 Å². The Balaban J connectivity index is 2.31. The van der Waals surface area contributed by atoms with Crippen molar-refractivity contribution < 1.29 is 0 Å². The third-order valence-corrected chi connectivity index (χ3v) is 3.22. The summed E-state index contributed by atoms with van der Waals surface area (Å²) in [5, 5.41) is 5.27. The number of halogens is 1. The summed E-state index contributed by atoms with van der Waals surface area (Å²) >= 11 is 3.47. The molecule has 0 aliphatic heterocycles. The minimum atomic E-state index is 1.09. The maximum Gasteiger partial charge on any atom is 0.0492 e. The van der Waals surface area contributed by atoms with Crippen LogP contribution >= 0.6 is 15.9 Å². The molecule has 0 N–H and O–H groups in total. The second-order valence-electron chi connectivity index (χ2n) is 3.67. The third-order valence-electron chi connectivity index (χ3n) is 2.66. The number of likely N-dealkylation sites (N-methyl/N-ethyl adjacent to an activating group) is 1. The molecule has 0 atom stereocenters. The lowest BCUT2D eigenvalue weighted by Gasteiger charge is -2.19. The van der Waals surface area contributed by atoms with Gasteiger partial charge >= 0.3 is 0 Å². The molecule has 1 rings (SSSR count). The Morgan fingerprint density at radius 1 is 1.47 bits per heavy atom. The maximum absolute atomic E-state index is 4.17. The van der Waals surface area contributed by atoms with E-state index < -0.39 is 0 Å². The average molecular weight is 274 g/mol. The highest BCUT2D eigenvalue weighted by Crippen LogP contribution is 2.01. The van der Waals surface area contributed by atoms with Crippen LogP contribution in [0.3, 0.4) is 0 Å². The van der Waals surface area contributed by atoms with Crippen LogP contribution in [-0.4, -0.2) is 39.6 Å². The quantitative estimate of drug-likeness (QED) is 0.710. The van der Waals surface area contributed by atoms with E-state index in [9.17, 15) is 0 Å². The minimum Gasteiger partial charge on any atom is -0.303 e. The van der Waals surface area contributed by atoms with E-state index in [0.29, 0.717) is 0 Å². The molecular weight excluding hydrogens is 254 g/mol. The average Bonchev–Trinajstić information content (AvgIpc) is 2.65. The highest BCUT2D eigenvalue weighted by molar-refractivity contribution is 9.09. The summed E-state index contributed by atoms with van der Waals surface area (Å²) in [6.45, 7) is 5.66. The molecule has 15 heavy (non-hydrogen) atoms. The number of alkyl halides is 1. The summed E-state index contributed by atoms with van der Waals surface area (Å²) in [7, 11) is 2.00. The Labute approximate surface area is 101 Å². The van der Waals surface area contributed by atoms with Gasteiger partial charge in [-0.1, -0.05) is 22.9 Å². The molecule has 1 aromatic rings. The van der Waals surface area contributed by atoms with E-state index in [2.05, 4.69) is 38.9 Å². The van der Waals surface area contributed by atoms with Gasteiger partial charge in [-0.15, -0.1) is 0 Å². The van der Waals surface area contributed by atoms with Crippen molar-refractivity contribution in [1.82, 2.24) is 14.7 Å². The maximum atomic E-state index is 4.17. The standard InChI is InChI=1S/C11H20BrN3/c1-3-15(9-4-7-12)10-6-11-5-8-13-14(11)2/h5,8H,3-4,6-7,9-10H2,1-2H3. The highest BCUT2D eigenvalue weighted by atomic mass is 79.9. The largest absolute Gasteiger partial charge is 0.303 e. The molecule has 86 valence electrons. The summed E-state index contributed by atoms with van der Waals surface area (Å²) in [6.07, 6.45) is 4.18. The molecule has 0 aliphatic carbocycles. The van der Waals surface area contributed by atoms with Crippen molar-refractivity contribution in [2.24, 2.45) is 7.05 Å². The molecule has 4 heteroatoms. The molecule has 0 saturated carbocycles. The van der Waals surface area contributed by atoms with Crippen LogP contribution in [-0.2, 0) is 13.5 Å². The van der Waals surface area contributed by atoms with Crippen molar-refractivity contribution in [3.8, 4) is 0 Å². The van der Waals surface area contributed by atoms with Gasteiger partial charge in [-0.25, -0.2) is 0 Å². The number of aromatic nitrogens is 2. The first kappa shape index (κ1) is 12.7. The summed E-state index contributed by atoms with van der Waals surface area (Å²) in [5.74, 6) is 0. The first-order valence-electron chi connectivity index (χ1n) is 5.53. The second kappa shape index (κ2) is 7.01. The number of hydrogen-bond donors (Lipinski definition) is 0. The Bertz CT molecular complexity index is 273. The first-order valence-corrected chi connectivity index (χ1v) is 6.65. The molecule has 0 radical (unpaired) electrons. The van der Waals surface area contributed by atoms with Crippen LogP contribution in [0.25, 0.3) is 0 Å². The Morgan fingerprint density at radius 2 is 2.27 bits per heavy atom. The molecule has 3 nitrogen and oxygen atoms in total. The SMILES string of the molecule is CCN(CCCBr)CCc1ccnn1C. The lowest BCUT2D eigenvalue weighted by atomic mass is 10.3. The van der Waals surface area contributed by atoms with Gasteiger partial charge in [0.15, 0.2) is 0 Å². The first-order chi connectivity index (χ1) is 7.27. The van der Waals surface area contributed by atoms with Crippen molar-refractivity contribution in [3.63, 3.8) is 0 Å². The van der Waals surface area contributed by atoms with Gasteiger partial charge in [0, 0.05) is 37.2 Å². The minimum absolute atomic E-state index is 1.09. The van der Waals surface area contributed by atoms with Crippen molar-refractivity contribution in [2.45, 2.75) is 19.8 Å². The molecule has 1 aromatic heterocycles. The lowest BCUT2D eigenvalue weighted by molar-refractivity contribution is 0.291. The lowest BCUT2D eigenvalue weighted by Crippen LogP contribution is -2.27. The van der Waals surface area contributed by atoms with Crippen LogP contribution < -0.4 is 0 Å². The van der Waals surface area contributed by atoms with Crippen LogP contribution in [0.4, 0.5) is 0 Å². The fraction of sp³-hybridized carbons (Fsp3) is 0.727. The van der Waals surface area contributed by atoms with Crippen LogP contribution in [0.1, 0.15) is 19.0 Å². The normalized spacial score (nSPS) is 11.2. The molecular formula is C11H20BrN3. The molecule has 0 spiro atoms. The molecule has 0 fully saturated rings. The van der Waals surface area contributed by atoms with Gasteiger partial charge < -0.3 is 4.90 Å². The zero-order valence-electron chi connectivity index (χ0n) is 9.62. The zero-order valence-corrected chi connectivity index (χ0v) is 11.2.